The van der Waals surface area contributed by atoms with Crippen LogP contribution in [0.15, 0.2) is 65.1 Å². The van der Waals surface area contributed by atoms with Gasteiger partial charge in [-0.1, -0.05) is 55.3 Å². The van der Waals surface area contributed by atoms with E-state index in [1.807, 2.05) is 42.5 Å². The number of hydrogen-bond donors (Lipinski definition) is 3. The van der Waals surface area contributed by atoms with Gasteiger partial charge in [-0.3, -0.25) is 23.9 Å². The fourth-order valence-electron chi connectivity index (χ4n) is 7.64. The van der Waals surface area contributed by atoms with Gasteiger partial charge in [0.15, 0.2) is 5.82 Å². The van der Waals surface area contributed by atoms with Crippen LogP contribution >= 0.6 is 0 Å². The lowest BCUT2D eigenvalue weighted by Crippen LogP contribution is -2.58. The van der Waals surface area contributed by atoms with Crippen molar-refractivity contribution in [1.82, 2.24) is 30.2 Å². The van der Waals surface area contributed by atoms with Crippen LogP contribution in [0, 0.1) is 11.7 Å². The van der Waals surface area contributed by atoms with E-state index in [0.717, 1.165) is 12.8 Å². The maximum absolute atomic E-state index is 14.4. The first kappa shape index (κ1) is 36.6. The molecule has 2 aromatic carbocycles. The molecule has 2 aromatic heterocycles. The molecule has 3 fully saturated rings. The van der Waals surface area contributed by atoms with Gasteiger partial charge in [-0.05, 0) is 56.7 Å². The van der Waals surface area contributed by atoms with E-state index in [1.54, 1.807) is 0 Å². The zero-order valence-electron chi connectivity index (χ0n) is 30.1. The van der Waals surface area contributed by atoms with Crippen molar-refractivity contribution in [2.24, 2.45) is 5.92 Å². The van der Waals surface area contributed by atoms with Crippen LogP contribution in [-0.4, -0.2) is 82.4 Å². The predicted molar refractivity (Wildman–Crippen MR) is 198 cm³/mol. The third kappa shape index (κ3) is 7.39. The number of carbonyl (C=O) groups excluding carboxylic acids is 4. The number of ether oxygens (including phenoxy) is 1. The molecule has 1 saturated heterocycles. The molecule has 4 heterocycles. The van der Waals surface area contributed by atoms with Crippen LogP contribution in [0.5, 0.6) is 5.88 Å². The maximum atomic E-state index is 14.4. The molecule has 0 spiro atoms. The van der Waals surface area contributed by atoms with Gasteiger partial charge in [0, 0.05) is 30.2 Å². The summed E-state index contributed by atoms with van der Waals surface area (Å²) in [7, 11) is -3.91. The summed E-state index contributed by atoms with van der Waals surface area (Å²) in [6.45, 7) is 1.23. The minimum atomic E-state index is -3.91. The second-order valence-electron chi connectivity index (χ2n) is 14.9. The molecule has 2 aliphatic carbocycles. The number of sulfonamides is 1. The molecule has 2 saturated carbocycles. The molecule has 288 valence electrons. The molecule has 4 amide bonds. The average molecular weight is 773 g/mol. The number of nitrogens with zero attached hydrogens (tertiary/aromatic N) is 3. The van der Waals surface area contributed by atoms with E-state index >= 15 is 0 Å². The lowest BCUT2D eigenvalue weighted by molar-refractivity contribution is -0.142. The minimum Gasteiger partial charge on any atom is -0.470 e. The molecule has 4 aliphatic rings. The Morgan fingerprint density at radius 1 is 1.05 bits per heavy atom. The molecule has 4 aromatic rings. The van der Waals surface area contributed by atoms with Gasteiger partial charge in [0.05, 0.1) is 11.8 Å². The molecule has 55 heavy (non-hydrogen) atoms. The Labute approximate surface area is 316 Å². The minimum absolute atomic E-state index is 0.0213. The first-order chi connectivity index (χ1) is 26.4. The Morgan fingerprint density at radius 3 is 2.62 bits per heavy atom. The molecular weight excluding hydrogens is 732 g/mol. The highest BCUT2D eigenvalue weighted by molar-refractivity contribution is 7.91. The zero-order chi connectivity index (χ0) is 38.5. The zero-order valence-corrected chi connectivity index (χ0v) is 30.9. The molecule has 16 heteroatoms. The van der Waals surface area contributed by atoms with Gasteiger partial charge in [-0.2, -0.15) is 4.98 Å². The molecule has 14 nitrogen and oxygen atoms in total. The normalized spacial score (nSPS) is 26.6. The van der Waals surface area contributed by atoms with E-state index < -0.39 is 74.4 Å². The van der Waals surface area contributed by atoms with Gasteiger partial charge < -0.3 is 24.7 Å². The highest BCUT2D eigenvalue weighted by Gasteiger charge is 2.62. The summed E-state index contributed by atoms with van der Waals surface area (Å²) < 4.78 is 54.9. The summed E-state index contributed by atoms with van der Waals surface area (Å²) >= 11 is 0. The molecule has 3 N–H and O–H groups in total. The fourth-order valence-corrected chi connectivity index (χ4v) is 9.00. The lowest BCUT2D eigenvalue weighted by Gasteiger charge is -2.29. The van der Waals surface area contributed by atoms with Crippen molar-refractivity contribution in [3.05, 3.63) is 66.5 Å². The van der Waals surface area contributed by atoms with Crippen molar-refractivity contribution in [2.75, 3.05) is 6.54 Å². The number of nitrogens with one attached hydrogen (secondary N) is 3. The maximum Gasteiger partial charge on any atom is 0.262 e. The molecule has 8 rings (SSSR count). The summed E-state index contributed by atoms with van der Waals surface area (Å²) in [4.78, 5) is 65.5. The Bertz CT molecular complexity index is 2330. The second-order valence-corrected chi connectivity index (χ2v) is 16.8. The molecule has 0 radical (unpaired) electrons. The lowest BCUT2D eigenvalue weighted by atomic mass is 10.0. The van der Waals surface area contributed by atoms with Crippen LogP contribution in [-0.2, 0) is 29.2 Å². The topological polar surface area (TPSA) is 190 Å². The quantitative estimate of drug-likeness (QED) is 0.231. The van der Waals surface area contributed by atoms with Crippen molar-refractivity contribution < 1.29 is 41.1 Å². The summed E-state index contributed by atoms with van der Waals surface area (Å²) in [5.74, 6) is -3.01. The van der Waals surface area contributed by atoms with Crippen molar-refractivity contribution in [2.45, 2.75) is 93.7 Å². The number of furan rings is 1. The van der Waals surface area contributed by atoms with Crippen LogP contribution in [0.4, 0.5) is 4.39 Å². The van der Waals surface area contributed by atoms with Gasteiger partial charge in [0.2, 0.25) is 33.3 Å². The predicted octanol–water partition coefficient (Wildman–Crippen LogP) is 4.04. The number of amides is 4. The molecule has 0 bridgehead atoms. The van der Waals surface area contributed by atoms with Gasteiger partial charge in [-0.25, -0.2) is 17.8 Å². The summed E-state index contributed by atoms with van der Waals surface area (Å²) in [6, 6.07) is 11.1. The second kappa shape index (κ2) is 14.4. The molecule has 2 aliphatic heterocycles. The number of benzene rings is 2. The van der Waals surface area contributed by atoms with Crippen LogP contribution in [0.25, 0.3) is 33.5 Å². The Kier molecular flexibility index (Phi) is 9.55. The summed E-state index contributed by atoms with van der Waals surface area (Å²) in [5, 5.41) is 5.37. The molecular formula is C39H41FN6O8S. The summed E-state index contributed by atoms with van der Waals surface area (Å²) in [5.41, 5.74) is -0.0581. The van der Waals surface area contributed by atoms with E-state index in [0.29, 0.717) is 54.2 Å². The standard InChI is InChI=1S/C39H41FN6O8S/c1-22(47)41-29-13-9-4-2-3-8-12-24-20-39(24,38(50)45-55(51,52)27-15-16-27)44-35(48)30-19-26(21-46(30)37(29)49)53-36-33-32(28-18-25(40)14-17-31(28)54-33)42-34(43-36)23-10-6-5-7-11-23/h5-8,10-12,14,17-18,24,26-27,29-30H,2-4,9,13,15-16,19-21H2,1H3,(H,41,47)(H,44,48)(H,45,50)/b12-8-/t24-,26+,29-,30-,39+/m0/s1. The van der Waals surface area contributed by atoms with Crippen LogP contribution in [0.3, 0.4) is 0 Å². The van der Waals surface area contributed by atoms with Crippen LogP contribution in [0.1, 0.15) is 64.7 Å². The van der Waals surface area contributed by atoms with E-state index in [1.165, 1.54) is 30.0 Å². The highest BCUT2D eigenvalue weighted by Crippen LogP contribution is 2.46. The van der Waals surface area contributed by atoms with Crippen LogP contribution in [0.2, 0.25) is 0 Å². The monoisotopic (exact) mass is 772 g/mol. The molecule has 0 unspecified atom stereocenters. The first-order valence-electron chi connectivity index (χ1n) is 18.7. The number of rotatable bonds is 7. The largest absolute Gasteiger partial charge is 0.470 e. The van der Waals surface area contributed by atoms with Crippen LogP contribution < -0.4 is 20.1 Å². The number of allylic oxidation sites excluding steroid dienone is 1. The third-order valence-corrected chi connectivity index (χ3v) is 12.6. The number of halogens is 1. The average Bonchev–Trinajstić information content (AvgIpc) is 4.06. The van der Waals surface area contributed by atoms with Gasteiger partial charge in [-0.15, -0.1) is 0 Å². The van der Waals surface area contributed by atoms with Gasteiger partial charge in [0.25, 0.3) is 11.8 Å². The van der Waals surface area contributed by atoms with Crippen molar-refractivity contribution >= 4 is 55.7 Å². The van der Waals surface area contributed by atoms with E-state index in [9.17, 15) is 32.0 Å². The number of fused-ring (bicyclic) bond motifs is 5. The third-order valence-electron chi connectivity index (χ3n) is 10.8. The number of hydrogen-bond acceptors (Lipinski definition) is 10. The molecule has 5 atom stereocenters. The van der Waals surface area contributed by atoms with Crippen molar-refractivity contribution in [3.63, 3.8) is 0 Å². The number of carbonyl (C=O) groups is 4. The van der Waals surface area contributed by atoms with E-state index in [-0.39, 0.29) is 36.7 Å². The van der Waals surface area contributed by atoms with E-state index in [2.05, 4.69) is 15.4 Å². The Hall–Kier alpha value is -5.38. The fraction of sp³-hybridized carbons (Fsp3) is 0.436. The SMILES string of the molecule is CC(=O)N[C@H]1CCCCC/C=C\[C@H]2C[C@@]2(C(=O)NS(=O)(=O)C2CC2)NC(=O)[C@@H]2C[C@@H](Oc3nc(-c4ccccc4)nc4c3oc3ccc(F)cc34)CN2C1=O. The summed E-state index contributed by atoms with van der Waals surface area (Å²) in [6.07, 6.45) is 7.23. The van der Waals surface area contributed by atoms with Crippen molar-refractivity contribution in [1.29, 1.82) is 0 Å². The Balaban J connectivity index is 1.15. The van der Waals surface area contributed by atoms with Crippen molar-refractivity contribution in [3.8, 4) is 17.3 Å². The van der Waals surface area contributed by atoms with E-state index in [4.69, 9.17) is 19.1 Å². The Morgan fingerprint density at radius 2 is 1.85 bits per heavy atom. The highest BCUT2D eigenvalue weighted by atomic mass is 32.2. The first-order valence-corrected chi connectivity index (χ1v) is 20.2. The van der Waals surface area contributed by atoms with Gasteiger partial charge in [0.1, 0.15) is 40.6 Å². The van der Waals surface area contributed by atoms with Gasteiger partial charge >= 0.3 is 0 Å². The smallest absolute Gasteiger partial charge is 0.262 e. The number of aromatic nitrogens is 2.